The topological polar surface area (TPSA) is 26.3 Å². The highest BCUT2D eigenvalue weighted by Gasteiger charge is 2.06. The summed E-state index contributed by atoms with van der Waals surface area (Å²) in [4.78, 5) is 11.0. The van der Waals surface area contributed by atoms with E-state index in [-0.39, 0.29) is 0 Å². The lowest BCUT2D eigenvalue weighted by Gasteiger charge is -2.08. The van der Waals surface area contributed by atoms with E-state index >= 15 is 0 Å². The quantitative estimate of drug-likeness (QED) is 0.801. The average Bonchev–Trinajstić information content (AvgIpc) is 2.39. The maximum absolute atomic E-state index is 11.0. The Labute approximate surface area is 108 Å². The molecule has 0 aliphatic heterocycles. The maximum atomic E-state index is 11.0. The number of hydrogen-bond acceptors (Lipinski definition) is 2. The first-order valence-electron chi connectivity index (χ1n) is 5.14. The van der Waals surface area contributed by atoms with E-state index in [1.165, 1.54) is 0 Å². The molecule has 0 amide bonds. The van der Waals surface area contributed by atoms with Crippen molar-refractivity contribution in [3.8, 4) is 16.9 Å². The van der Waals surface area contributed by atoms with Crippen LogP contribution < -0.4 is 4.74 Å². The second-order valence-electron chi connectivity index (χ2n) is 3.55. The third-order valence-electron chi connectivity index (χ3n) is 2.55. The lowest BCUT2D eigenvalue weighted by atomic mass is 10.0. The monoisotopic (exact) mass is 290 g/mol. The molecule has 86 valence electrons. The summed E-state index contributed by atoms with van der Waals surface area (Å²) in [6.07, 6.45) is 0.865. The van der Waals surface area contributed by atoms with E-state index in [9.17, 15) is 4.79 Å². The van der Waals surface area contributed by atoms with E-state index in [0.29, 0.717) is 5.56 Å². The predicted molar refractivity (Wildman–Crippen MR) is 71.5 cm³/mol. The molecule has 0 aliphatic carbocycles. The van der Waals surface area contributed by atoms with E-state index in [4.69, 9.17) is 4.74 Å². The maximum Gasteiger partial charge on any atom is 0.150 e. The van der Waals surface area contributed by atoms with Crippen molar-refractivity contribution in [2.24, 2.45) is 0 Å². The highest BCUT2D eigenvalue weighted by atomic mass is 79.9. The number of carbonyl (C=O) groups excluding carboxylic acids is 1. The van der Waals surface area contributed by atoms with Crippen LogP contribution in [0.4, 0.5) is 0 Å². The fourth-order valence-electron chi connectivity index (χ4n) is 1.69. The SMILES string of the molecule is COc1cc(-c2ccccc2C=O)ccc1Br. The molecule has 0 unspecified atom stereocenters. The summed E-state index contributed by atoms with van der Waals surface area (Å²) in [6, 6.07) is 13.3. The molecule has 0 aliphatic rings. The van der Waals surface area contributed by atoms with Crippen LogP contribution in [0.5, 0.6) is 5.75 Å². The standard InChI is InChI=1S/C14H11BrO2/c1-17-14-8-10(6-7-13(14)15)12-5-3-2-4-11(12)9-16/h2-9H,1H3. The molecule has 0 aromatic heterocycles. The smallest absolute Gasteiger partial charge is 0.150 e. The molecule has 2 nitrogen and oxygen atoms in total. The van der Waals surface area contributed by atoms with Crippen LogP contribution in [0.15, 0.2) is 46.9 Å². The summed E-state index contributed by atoms with van der Waals surface area (Å²) < 4.78 is 6.14. The molecular weight excluding hydrogens is 280 g/mol. The number of rotatable bonds is 3. The number of benzene rings is 2. The Bertz CT molecular complexity index is 550. The molecule has 0 fully saturated rings. The summed E-state index contributed by atoms with van der Waals surface area (Å²) in [5, 5.41) is 0. The summed E-state index contributed by atoms with van der Waals surface area (Å²) in [5.74, 6) is 0.753. The van der Waals surface area contributed by atoms with Crippen molar-refractivity contribution in [1.82, 2.24) is 0 Å². The number of aldehydes is 1. The van der Waals surface area contributed by atoms with Gasteiger partial charge < -0.3 is 4.74 Å². The molecule has 2 aromatic carbocycles. The average molecular weight is 291 g/mol. The van der Waals surface area contributed by atoms with E-state index in [0.717, 1.165) is 27.6 Å². The first-order chi connectivity index (χ1) is 8.26. The van der Waals surface area contributed by atoms with E-state index in [1.807, 2.05) is 36.4 Å². The van der Waals surface area contributed by atoms with E-state index in [2.05, 4.69) is 15.9 Å². The van der Waals surface area contributed by atoms with Crippen molar-refractivity contribution in [2.45, 2.75) is 0 Å². The lowest BCUT2D eigenvalue weighted by Crippen LogP contribution is -1.89. The molecule has 0 radical (unpaired) electrons. The van der Waals surface area contributed by atoms with Crippen molar-refractivity contribution in [1.29, 1.82) is 0 Å². The summed E-state index contributed by atoms with van der Waals surface area (Å²) >= 11 is 3.40. The zero-order chi connectivity index (χ0) is 12.3. The van der Waals surface area contributed by atoms with Gasteiger partial charge in [-0.25, -0.2) is 0 Å². The first-order valence-corrected chi connectivity index (χ1v) is 5.93. The lowest BCUT2D eigenvalue weighted by molar-refractivity contribution is 0.112. The van der Waals surface area contributed by atoms with Crippen LogP contribution in [0.3, 0.4) is 0 Å². The van der Waals surface area contributed by atoms with Gasteiger partial charge in [-0.3, -0.25) is 4.79 Å². The molecule has 0 spiro atoms. The summed E-state index contributed by atoms with van der Waals surface area (Å²) in [7, 11) is 1.62. The van der Waals surface area contributed by atoms with E-state index in [1.54, 1.807) is 13.2 Å². The van der Waals surface area contributed by atoms with Crippen molar-refractivity contribution in [3.05, 3.63) is 52.5 Å². The van der Waals surface area contributed by atoms with Crippen molar-refractivity contribution >= 4 is 22.2 Å². The van der Waals surface area contributed by atoms with Crippen LogP contribution in [-0.4, -0.2) is 13.4 Å². The molecule has 3 heteroatoms. The number of ether oxygens (including phenoxy) is 1. The molecule has 0 saturated heterocycles. The molecule has 0 heterocycles. The Morgan fingerprint density at radius 1 is 1.18 bits per heavy atom. The zero-order valence-electron chi connectivity index (χ0n) is 9.31. The van der Waals surface area contributed by atoms with Crippen molar-refractivity contribution < 1.29 is 9.53 Å². The molecule has 0 saturated carbocycles. The molecule has 2 rings (SSSR count). The van der Waals surface area contributed by atoms with Gasteiger partial charge in [0.2, 0.25) is 0 Å². The van der Waals surface area contributed by atoms with Gasteiger partial charge in [0.25, 0.3) is 0 Å². The minimum atomic E-state index is 0.678. The molecule has 2 aromatic rings. The van der Waals surface area contributed by atoms with Crippen LogP contribution in [0.25, 0.3) is 11.1 Å². The minimum absolute atomic E-state index is 0.678. The zero-order valence-corrected chi connectivity index (χ0v) is 10.9. The summed E-state index contributed by atoms with van der Waals surface area (Å²) in [6.45, 7) is 0. The van der Waals surface area contributed by atoms with E-state index < -0.39 is 0 Å². The number of carbonyl (C=O) groups is 1. The molecule has 0 bridgehead atoms. The number of methoxy groups -OCH3 is 1. The Morgan fingerprint density at radius 2 is 1.94 bits per heavy atom. The molecule has 0 atom stereocenters. The summed E-state index contributed by atoms with van der Waals surface area (Å²) in [5.41, 5.74) is 2.55. The number of halogens is 1. The first kappa shape index (κ1) is 11.9. The fourth-order valence-corrected chi connectivity index (χ4v) is 2.10. The third-order valence-corrected chi connectivity index (χ3v) is 3.21. The normalized spacial score (nSPS) is 10.0. The van der Waals surface area contributed by atoms with Crippen molar-refractivity contribution in [2.75, 3.05) is 7.11 Å². The minimum Gasteiger partial charge on any atom is -0.496 e. The highest BCUT2D eigenvalue weighted by Crippen LogP contribution is 2.31. The number of hydrogen-bond donors (Lipinski definition) is 0. The fraction of sp³-hybridized carbons (Fsp3) is 0.0714. The largest absolute Gasteiger partial charge is 0.496 e. The van der Waals surface area contributed by atoms with Crippen LogP contribution in [0.1, 0.15) is 10.4 Å². The third kappa shape index (κ3) is 2.39. The molecule has 0 N–H and O–H groups in total. The Hall–Kier alpha value is -1.61. The van der Waals surface area contributed by atoms with Gasteiger partial charge in [-0.1, -0.05) is 30.3 Å². The van der Waals surface area contributed by atoms with Crippen LogP contribution in [0.2, 0.25) is 0 Å². The van der Waals surface area contributed by atoms with Gasteiger partial charge >= 0.3 is 0 Å². The Morgan fingerprint density at radius 3 is 2.65 bits per heavy atom. The Kier molecular flexibility index (Phi) is 3.59. The van der Waals surface area contributed by atoms with Crippen LogP contribution >= 0.6 is 15.9 Å². The van der Waals surface area contributed by atoms with Gasteiger partial charge in [0, 0.05) is 5.56 Å². The van der Waals surface area contributed by atoms with Gasteiger partial charge in [0.15, 0.2) is 6.29 Å². The Balaban J connectivity index is 2.56. The van der Waals surface area contributed by atoms with Gasteiger partial charge in [-0.05, 0) is 39.2 Å². The highest BCUT2D eigenvalue weighted by molar-refractivity contribution is 9.10. The van der Waals surface area contributed by atoms with Crippen LogP contribution in [0, 0.1) is 0 Å². The van der Waals surface area contributed by atoms with Crippen molar-refractivity contribution in [3.63, 3.8) is 0 Å². The molecule has 17 heavy (non-hydrogen) atoms. The molecular formula is C14H11BrO2. The van der Waals surface area contributed by atoms with Gasteiger partial charge in [-0.15, -0.1) is 0 Å². The second-order valence-corrected chi connectivity index (χ2v) is 4.41. The van der Waals surface area contributed by atoms with Crippen LogP contribution in [-0.2, 0) is 0 Å². The van der Waals surface area contributed by atoms with Gasteiger partial charge in [0.1, 0.15) is 5.75 Å². The predicted octanol–water partition coefficient (Wildman–Crippen LogP) is 3.94. The van der Waals surface area contributed by atoms with Gasteiger partial charge in [-0.2, -0.15) is 0 Å². The second kappa shape index (κ2) is 5.15. The van der Waals surface area contributed by atoms with Gasteiger partial charge in [0.05, 0.1) is 11.6 Å².